The van der Waals surface area contributed by atoms with E-state index in [-0.39, 0.29) is 0 Å². The molecule has 0 radical (unpaired) electrons. The van der Waals surface area contributed by atoms with Crippen molar-refractivity contribution in [2.45, 2.75) is 44.6 Å². The van der Waals surface area contributed by atoms with Crippen molar-refractivity contribution < 1.29 is 4.79 Å². The van der Waals surface area contributed by atoms with Gasteiger partial charge >= 0.3 is 0 Å². The maximum atomic E-state index is 11.9. The van der Waals surface area contributed by atoms with E-state index >= 15 is 0 Å². The van der Waals surface area contributed by atoms with E-state index in [0.29, 0.717) is 11.9 Å². The second-order valence-electron chi connectivity index (χ2n) is 6.58. The average molecular weight is 413 g/mol. The Kier molecular flexibility index (Phi) is 5.21. The zero-order valence-corrected chi connectivity index (χ0v) is 15.3. The van der Waals surface area contributed by atoms with Gasteiger partial charge < -0.3 is 9.80 Å². The first kappa shape index (κ1) is 16.0. The van der Waals surface area contributed by atoms with E-state index in [1.54, 1.807) is 0 Å². The number of hydrogen-bond acceptors (Lipinski definition) is 3. The van der Waals surface area contributed by atoms with E-state index in [2.05, 4.69) is 56.6 Å². The van der Waals surface area contributed by atoms with Crippen LogP contribution in [0, 0.1) is 9.49 Å². The maximum Gasteiger partial charge on any atom is 0.222 e. The van der Waals surface area contributed by atoms with Gasteiger partial charge in [-0.3, -0.25) is 4.79 Å². The van der Waals surface area contributed by atoms with Gasteiger partial charge in [0.25, 0.3) is 0 Å². The van der Waals surface area contributed by atoms with Crippen molar-refractivity contribution in [3.63, 3.8) is 0 Å². The van der Waals surface area contributed by atoms with Crippen LogP contribution in [0.2, 0.25) is 0 Å². The fourth-order valence-electron chi connectivity index (χ4n) is 3.77. The van der Waals surface area contributed by atoms with Crippen molar-refractivity contribution in [3.05, 3.63) is 21.9 Å². The number of nitrogens with zero attached hydrogens (tertiary/aromatic N) is 3. The van der Waals surface area contributed by atoms with Crippen LogP contribution in [0.25, 0.3) is 0 Å². The molecule has 120 valence electrons. The minimum Gasteiger partial charge on any atom is -0.359 e. The Bertz CT molecular complexity index is 511. The van der Waals surface area contributed by atoms with Crippen molar-refractivity contribution in [3.8, 4) is 0 Å². The first-order valence-corrected chi connectivity index (χ1v) is 9.33. The molecule has 0 aromatic carbocycles. The van der Waals surface area contributed by atoms with Gasteiger partial charge in [-0.2, -0.15) is 0 Å². The third-order valence-corrected chi connectivity index (χ3v) is 5.64. The van der Waals surface area contributed by atoms with Crippen LogP contribution in [0.5, 0.6) is 0 Å². The average Bonchev–Trinajstić information content (AvgIpc) is 2.95. The molecule has 2 heterocycles. The van der Waals surface area contributed by atoms with Gasteiger partial charge in [0.2, 0.25) is 5.91 Å². The summed E-state index contributed by atoms with van der Waals surface area (Å²) in [6.45, 7) is 2.05. The summed E-state index contributed by atoms with van der Waals surface area (Å²) in [5, 5.41) is 0. The molecular weight excluding hydrogens is 389 g/mol. The van der Waals surface area contributed by atoms with Crippen molar-refractivity contribution in [1.82, 2.24) is 9.88 Å². The van der Waals surface area contributed by atoms with E-state index in [1.165, 1.54) is 29.3 Å². The third-order valence-electron chi connectivity index (χ3n) is 5.00. The molecule has 22 heavy (non-hydrogen) atoms. The van der Waals surface area contributed by atoms with Crippen LogP contribution in [0.4, 0.5) is 5.82 Å². The van der Waals surface area contributed by atoms with Crippen LogP contribution < -0.4 is 4.90 Å². The number of hydrogen-bond donors (Lipinski definition) is 0. The number of rotatable bonds is 4. The van der Waals surface area contributed by atoms with Gasteiger partial charge in [0.1, 0.15) is 5.82 Å². The van der Waals surface area contributed by atoms with Gasteiger partial charge in [0.05, 0.1) is 0 Å². The second-order valence-corrected chi connectivity index (χ2v) is 7.83. The van der Waals surface area contributed by atoms with Crippen molar-refractivity contribution in [2.75, 3.05) is 25.0 Å². The number of amides is 1. The minimum atomic E-state index is 0.378. The number of carbonyl (C=O) groups is 1. The Hall–Kier alpha value is -0.850. The maximum absolute atomic E-state index is 11.9. The molecule has 1 saturated heterocycles. The summed E-state index contributed by atoms with van der Waals surface area (Å²) in [5.74, 6) is 2.15. The molecule has 0 atom stereocenters. The van der Waals surface area contributed by atoms with Crippen molar-refractivity contribution >= 4 is 34.3 Å². The van der Waals surface area contributed by atoms with Crippen LogP contribution in [0.3, 0.4) is 0 Å². The predicted molar refractivity (Wildman–Crippen MR) is 96.9 cm³/mol. The zero-order chi connectivity index (χ0) is 15.5. The van der Waals surface area contributed by atoms with E-state index in [4.69, 9.17) is 0 Å². The molecule has 0 N–H and O–H groups in total. The molecule has 1 saturated carbocycles. The molecule has 2 fully saturated rings. The topological polar surface area (TPSA) is 36.4 Å². The zero-order valence-electron chi connectivity index (χ0n) is 13.2. The smallest absolute Gasteiger partial charge is 0.222 e. The number of carbonyl (C=O) groups excluding carboxylic acids is 1. The highest BCUT2D eigenvalue weighted by atomic mass is 127. The Morgan fingerprint density at radius 1 is 1.32 bits per heavy atom. The van der Waals surface area contributed by atoms with Gasteiger partial charge in [-0.15, -0.1) is 0 Å². The summed E-state index contributed by atoms with van der Waals surface area (Å²) in [7, 11) is 2.13. The SMILES string of the molecule is CN(C[C@H]1CC[C@H](N2CCCC2=O)CC1)c1ccc(I)cn1. The van der Waals surface area contributed by atoms with Gasteiger partial charge in [-0.1, -0.05) is 0 Å². The van der Waals surface area contributed by atoms with Crippen molar-refractivity contribution in [1.29, 1.82) is 0 Å². The van der Waals surface area contributed by atoms with Crippen LogP contribution >= 0.6 is 22.6 Å². The van der Waals surface area contributed by atoms with E-state index in [1.807, 2.05) is 6.20 Å². The van der Waals surface area contributed by atoms with Crippen LogP contribution in [0.15, 0.2) is 18.3 Å². The molecule has 4 nitrogen and oxygen atoms in total. The lowest BCUT2D eigenvalue weighted by Crippen LogP contribution is -2.40. The molecule has 2 aliphatic rings. The summed E-state index contributed by atoms with van der Waals surface area (Å²) in [6, 6.07) is 4.71. The standard InChI is InChI=1S/C17H24IN3O/c1-20(16-9-6-14(18)11-19-16)12-13-4-7-15(8-5-13)21-10-2-3-17(21)22/h6,9,11,13,15H,2-5,7-8,10,12H2,1H3/t13-,15-. The molecular formula is C17H24IN3O. The lowest BCUT2D eigenvalue weighted by Gasteiger charge is -2.36. The summed E-state index contributed by atoms with van der Waals surface area (Å²) >= 11 is 2.28. The molecule has 1 aromatic heterocycles. The summed E-state index contributed by atoms with van der Waals surface area (Å²) < 4.78 is 1.17. The van der Waals surface area contributed by atoms with Crippen molar-refractivity contribution in [2.24, 2.45) is 5.92 Å². The first-order valence-electron chi connectivity index (χ1n) is 8.25. The minimum absolute atomic E-state index is 0.378. The number of likely N-dealkylation sites (tertiary alicyclic amines) is 1. The quantitative estimate of drug-likeness (QED) is 0.711. The monoisotopic (exact) mass is 413 g/mol. The molecule has 5 heteroatoms. The Labute approximate surface area is 146 Å². The van der Waals surface area contributed by atoms with Crippen LogP contribution in [-0.2, 0) is 4.79 Å². The first-order chi connectivity index (χ1) is 10.6. The second kappa shape index (κ2) is 7.15. The number of aromatic nitrogens is 1. The lowest BCUT2D eigenvalue weighted by molar-refractivity contribution is -0.130. The normalized spacial score (nSPS) is 25.5. The summed E-state index contributed by atoms with van der Waals surface area (Å²) in [5.41, 5.74) is 0. The molecule has 3 rings (SSSR count). The van der Waals surface area contributed by atoms with Crippen LogP contribution in [-0.4, -0.2) is 42.0 Å². The summed E-state index contributed by atoms with van der Waals surface area (Å²) in [6.07, 6.45) is 8.53. The predicted octanol–water partition coefficient (Wildman–Crippen LogP) is 3.30. The number of halogens is 1. The molecule has 0 bridgehead atoms. The molecule has 0 unspecified atom stereocenters. The molecule has 1 aliphatic carbocycles. The number of pyridine rings is 1. The Morgan fingerprint density at radius 3 is 2.68 bits per heavy atom. The fraction of sp³-hybridized carbons (Fsp3) is 0.647. The number of anilines is 1. The van der Waals surface area contributed by atoms with Gasteiger partial charge in [-0.25, -0.2) is 4.98 Å². The highest BCUT2D eigenvalue weighted by Gasteiger charge is 2.31. The highest BCUT2D eigenvalue weighted by molar-refractivity contribution is 14.1. The van der Waals surface area contributed by atoms with Gasteiger partial charge in [0, 0.05) is 42.4 Å². The van der Waals surface area contributed by atoms with E-state index in [9.17, 15) is 4.79 Å². The third kappa shape index (κ3) is 3.73. The fourth-order valence-corrected chi connectivity index (χ4v) is 4.09. The molecule has 1 aliphatic heterocycles. The highest BCUT2D eigenvalue weighted by Crippen LogP contribution is 2.30. The molecule has 1 aromatic rings. The summed E-state index contributed by atoms with van der Waals surface area (Å²) in [4.78, 5) is 20.8. The lowest BCUT2D eigenvalue weighted by atomic mass is 9.85. The van der Waals surface area contributed by atoms with Gasteiger partial charge in [-0.05, 0) is 72.7 Å². The van der Waals surface area contributed by atoms with E-state index < -0.39 is 0 Å². The largest absolute Gasteiger partial charge is 0.359 e. The Morgan fingerprint density at radius 2 is 2.09 bits per heavy atom. The van der Waals surface area contributed by atoms with E-state index in [0.717, 1.165) is 37.7 Å². The van der Waals surface area contributed by atoms with Gasteiger partial charge in [0.15, 0.2) is 0 Å². The van der Waals surface area contributed by atoms with Crippen LogP contribution in [0.1, 0.15) is 38.5 Å². The molecule has 1 amide bonds. The molecule has 0 spiro atoms. The Balaban J connectivity index is 1.49.